The van der Waals surface area contributed by atoms with Crippen LogP contribution < -0.4 is 0 Å². The first-order chi connectivity index (χ1) is 8.27. The second kappa shape index (κ2) is 7.84. The molecule has 0 bridgehead atoms. The normalized spacial score (nSPS) is 20.4. The lowest BCUT2D eigenvalue weighted by molar-refractivity contribution is 0.493. The molecule has 0 aromatic carbocycles. The molecule has 1 fully saturated rings. The van der Waals surface area contributed by atoms with Gasteiger partial charge in [0.1, 0.15) is 0 Å². The number of rotatable bonds is 5. The van der Waals surface area contributed by atoms with Gasteiger partial charge in [0.25, 0.3) is 0 Å². The van der Waals surface area contributed by atoms with Crippen molar-refractivity contribution in [1.29, 1.82) is 0 Å². The van der Waals surface area contributed by atoms with Gasteiger partial charge in [-0.2, -0.15) is 4.91 Å². The Labute approximate surface area is 104 Å². The average Bonchev–Trinajstić information content (AvgIpc) is 2.50. The maximum Gasteiger partial charge on any atom is 0.0811 e. The zero-order valence-corrected chi connectivity index (χ0v) is 10.5. The molecule has 0 spiro atoms. The molecule has 2 heteroatoms. The van der Waals surface area contributed by atoms with E-state index in [2.05, 4.69) is 29.8 Å². The van der Waals surface area contributed by atoms with Crippen LogP contribution in [0, 0.1) is 10.8 Å². The van der Waals surface area contributed by atoms with Crippen LogP contribution in [-0.4, -0.2) is 6.54 Å². The van der Waals surface area contributed by atoms with E-state index in [9.17, 15) is 4.91 Å². The summed E-state index contributed by atoms with van der Waals surface area (Å²) in [5.74, 6) is 0.603. The summed E-state index contributed by atoms with van der Waals surface area (Å²) >= 11 is 0. The van der Waals surface area contributed by atoms with E-state index >= 15 is 0 Å². The van der Waals surface area contributed by atoms with Crippen molar-refractivity contribution in [2.24, 2.45) is 11.1 Å². The average molecular weight is 231 g/mol. The van der Waals surface area contributed by atoms with Gasteiger partial charge in [-0.3, -0.25) is 0 Å². The zero-order chi connectivity index (χ0) is 12.5. The van der Waals surface area contributed by atoms with E-state index in [0.29, 0.717) is 12.5 Å². The molecule has 92 valence electrons. The van der Waals surface area contributed by atoms with Crippen molar-refractivity contribution >= 4 is 0 Å². The summed E-state index contributed by atoms with van der Waals surface area (Å²) in [6.07, 6.45) is 7.46. The molecule has 1 saturated carbocycles. The first-order valence-corrected chi connectivity index (χ1v) is 6.37. The van der Waals surface area contributed by atoms with Gasteiger partial charge in [0.2, 0.25) is 0 Å². The number of nitrogens with zero attached hydrogens (tertiary/aromatic N) is 1. The largest absolute Gasteiger partial charge is 0.151 e. The Hall–Kier alpha value is -1.36. The summed E-state index contributed by atoms with van der Waals surface area (Å²) in [5.41, 5.74) is 8.51. The van der Waals surface area contributed by atoms with Gasteiger partial charge in [-0.1, -0.05) is 35.2 Å². The van der Waals surface area contributed by atoms with E-state index in [-0.39, 0.29) is 0 Å². The molecule has 0 aromatic heterocycles. The van der Waals surface area contributed by atoms with Crippen LogP contribution in [0.2, 0.25) is 0 Å². The van der Waals surface area contributed by atoms with Crippen LogP contribution in [0.5, 0.6) is 0 Å². The highest BCUT2D eigenvalue weighted by Crippen LogP contribution is 2.32. The van der Waals surface area contributed by atoms with Crippen LogP contribution in [0.3, 0.4) is 0 Å². The number of nitroso groups, excluding NO2 is 1. The second-order valence-electron chi connectivity index (χ2n) is 4.65. The van der Waals surface area contributed by atoms with E-state index in [0.717, 1.165) is 44.9 Å². The zero-order valence-electron chi connectivity index (χ0n) is 10.5. The van der Waals surface area contributed by atoms with E-state index in [1.54, 1.807) is 0 Å². The van der Waals surface area contributed by atoms with Crippen LogP contribution >= 0.6 is 0 Å². The van der Waals surface area contributed by atoms with E-state index in [1.807, 2.05) is 0 Å². The fraction of sp³-hybridized carbons (Fsp3) is 0.600. The molecule has 0 aromatic rings. The van der Waals surface area contributed by atoms with Crippen molar-refractivity contribution in [2.45, 2.75) is 44.9 Å². The second-order valence-corrected chi connectivity index (χ2v) is 4.65. The third-order valence-corrected chi connectivity index (χ3v) is 3.44. The lowest BCUT2D eigenvalue weighted by Crippen LogP contribution is -2.02. The molecule has 1 aliphatic rings. The molecule has 0 saturated heterocycles. The molecule has 0 N–H and O–H groups in total. The summed E-state index contributed by atoms with van der Waals surface area (Å²) in [6.45, 7) is 8.21. The van der Waals surface area contributed by atoms with Crippen LogP contribution in [0.15, 0.2) is 40.9 Å². The first-order valence-electron chi connectivity index (χ1n) is 6.37. The lowest BCUT2D eigenvalue weighted by atomic mass is 9.90. The topological polar surface area (TPSA) is 29.4 Å². The molecule has 1 rings (SSSR count). The first kappa shape index (κ1) is 13.7. The van der Waals surface area contributed by atoms with Gasteiger partial charge in [-0.05, 0) is 56.6 Å². The highest BCUT2D eigenvalue weighted by Gasteiger charge is 2.17. The third-order valence-electron chi connectivity index (χ3n) is 3.44. The Bertz CT molecular complexity index is 357. The van der Waals surface area contributed by atoms with Crippen molar-refractivity contribution in [1.82, 2.24) is 0 Å². The Morgan fingerprint density at radius 3 is 2.82 bits per heavy atom. The predicted octanol–water partition coefficient (Wildman–Crippen LogP) is 4.54. The number of hydrogen-bond donors (Lipinski definition) is 0. The molecule has 1 unspecified atom stereocenters. The monoisotopic (exact) mass is 231 g/mol. The molecular weight excluding hydrogens is 210 g/mol. The summed E-state index contributed by atoms with van der Waals surface area (Å²) < 4.78 is 0. The van der Waals surface area contributed by atoms with Gasteiger partial charge in [-0.15, -0.1) is 0 Å². The van der Waals surface area contributed by atoms with E-state index in [1.165, 1.54) is 11.1 Å². The van der Waals surface area contributed by atoms with Gasteiger partial charge < -0.3 is 0 Å². The predicted molar refractivity (Wildman–Crippen MR) is 71.8 cm³/mol. The molecule has 2 nitrogen and oxygen atoms in total. The van der Waals surface area contributed by atoms with Gasteiger partial charge in [0.05, 0.1) is 6.54 Å². The van der Waals surface area contributed by atoms with Crippen LogP contribution in [-0.2, 0) is 0 Å². The van der Waals surface area contributed by atoms with Gasteiger partial charge >= 0.3 is 0 Å². The van der Waals surface area contributed by atoms with Crippen molar-refractivity contribution < 1.29 is 0 Å². The highest BCUT2D eigenvalue weighted by molar-refractivity contribution is 5.12. The van der Waals surface area contributed by atoms with E-state index in [4.69, 9.17) is 0 Å². The fourth-order valence-corrected chi connectivity index (χ4v) is 2.36. The summed E-state index contributed by atoms with van der Waals surface area (Å²) in [5, 5.41) is 2.89. The minimum atomic E-state index is 0.448. The van der Waals surface area contributed by atoms with E-state index < -0.39 is 0 Å². The summed E-state index contributed by atoms with van der Waals surface area (Å²) in [4.78, 5) is 10.00. The lowest BCUT2D eigenvalue weighted by Gasteiger charge is -2.15. The molecule has 0 aliphatic heterocycles. The molecule has 0 heterocycles. The van der Waals surface area contributed by atoms with Crippen LogP contribution in [0.4, 0.5) is 0 Å². The van der Waals surface area contributed by atoms with Crippen molar-refractivity contribution in [3.8, 4) is 0 Å². The number of unbranched alkanes of at least 4 members (excludes halogenated alkanes) is 1. The Balaban J connectivity index is 2.45. The van der Waals surface area contributed by atoms with Crippen molar-refractivity contribution in [3.63, 3.8) is 0 Å². The van der Waals surface area contributed by atoms with Crippen molar-refractivity contribution in [3.05, 3.63) is 40.7 Å². The minimum Gasteiger partial charge on any atom is -0.151 e. The molecule has 1 atom stereocenters. The molecule has 1 aliphatic carbocycles. The Morgan fingerprint density at radius 2 is 2.12 bits per heavy atom. The summed E-state index contributed by atoms with van der Waals surface area (Å²) in [7, 11) is 0. The van der Waals surface area contributed by atoms with Gasteiger partial charge in [0.15, 0.2) is 0 Å². The smallest absolute Gasteiger partial charge is 0.0811 e. The molecule has 0 amide bonds. The molecular formula is C15H21NO. The fourth-order valence-electron chi connectivity index (χ4n) is 2.36. The SMILES string of the molecule is C=C=C=C1CCC(=C)C(CCCCN=O)CC1. The highest BCUT2D eigenvalue weighted by atomic mass is 16.3. The third kappa shape index (κ3) is 4.99. The summed E-state index contributed by atoms with van der Waals surface area (Å²) in [6, 6.07) is 0. The van der Waals surface area contributed by atoms with Gasteiger partial charge in [-0.25, -0.2) is 0 Å². The molecule has 0 radical (unpaired) electrons. The Kier molecular flexibility index (Phi) is 6.32. The quantitative estimate of drug-likeness (QED) is 0.224. The maximum atomic E-state index is 10.00. The Morgan fingerprint density at radius 1 is 1.29 bits per heavy atom. The maximum absolute atomic E-state index is 10.00. The molecule has 17 heavy (non-hydrogen) atoms. The number of hydrogen-bond acceptors (Lipinski definition) is 2. The number of allylic oxidation sites excluding steroid dienone is 2. The van der Waals surface area contributed by atoms with Crippen LogP contribution in [0.25, 0.3) is 0 Å². The van der Waals surface area contributed by atoms with Crippen molar-refractivity contribution in [2.75, 3.05) is 6.54 Å². The van der Waals surface area contributed by atoms with Gasteiger partial charge in [0, 0.05) is 0 Å². The minimum absolute atomic E-state index is 0.448. The van der Waals surface area contributed by atoms with Crippen LogP contribution in [0.1, 0.15) is 44.9 Å². The standard InChI is InChI=1S/C15H21NO/c1-3-6-14-9-8-13(2)15(11-10-14)7-4-5-12-16-17/h15H,1-2,4-5,7-12H2.